The first kappa shape index (κ1) is 22.3. The molecule has 160 valence electrons. The molecule has 2 aromatic carbocycles. The second-order valence-corrected chi connectivity index (χ2v) is 7.65. The Hall–Kier alpha value is -3.39. The minimum atomic E-state index is -0.422. The molecule has 0 saturated carbocycles. The molecule has 8 heteroatoms. The van der Waals surface area contributed by atoms with Crippen LogP contribution in [0.15, 0.2) is 66.3 Å². The molecule has 0 unspecified atom stereocenters. The number of carbonyl (C=O) groups is 2. The van der Waals surface area contributed by atoms with Crippen LogP contribution in [-0.4, -0.2) is 39.0 Å². The van der Waals surface area contributed by atoms with Gasteiger partial charge >= 0.3 is 5.97 Å². The summed E-state index contributed by atoms with van der Waals surface area (Å²) in [6, 6.07) is 14.7. The number of benzene rings is 2. The summed E-state index contributed by atoms with van der Waals surface area (Å²) in [5.74, 6) is 0.238. The van der Waals surface area contributed by atoms with Gasteiger partial charge in [-0.25, -0.2) is 4.79 Å². The van der Waals surface area contributed by atoms with Gasteiger partial charge in [-0.05, 0) is 32.0 Å². The standard InChI is InChI=1S/C23H24N4O3S/c1-4-13-27-21(17-11-9-16(3)10-12-17)25-26-23(27)31-15-20(28)24-19-8-6-7-18(14-19)22(29)30-5-2/h4,6-12,14H,1,5,13,15H2,2-3H3,(H,24,28). The Balaban J connectivity index is 1.68. The van der Waals surface area contributed by atoms with E-state index in [0.717, 1.165) is 17.0 Å². The lowest BCUT2D eigenvalue weighted by Crippen LogP contribution is -2.15. The third-order valence-corrected chi connectivity index (χ3v) is 5.29. The highest BCUT2D eigenvalue weighted by atomic mass is 32.2. The van der Waals surface area contributed by atoms with Gasteiger partial charge in [0.15, 0.2) is 11.0 Å². The van der Waals surface area contributed by atoms with Crippen LogP contribution in [0.2, 0.25) is 0 Å². The zero-order valence-electron chi connectivity index (χ0n) is 17.5. The molecule has 0 aliphatic heterocycles. The Morgan fingerprint density at radius 2 is 1.97 bits per heavy atom. The molecular formula is C23H24N4O3S. The number of carbonyl (C=O) groups excluding carboxylic acids is 2. The van der Waals surface area contributed by atoms with E-state index in [1.807, 2.05) is 35.8 Å². The number of hydrogen-bond donors (Lipinski definition) is 1. The predicted octanol–water partition coefficient (Wildman–Crippen LogP) is 4.35. The summed E-state index contributed by atoms with van der Waals surface area (Å²) >= 11 is 1.29. The Bertz CT molecular complexity index is 1080. The lowest BCUT2D eigenvalue weighted by molar-refractivity contribution is -0.113. The Morgan fingerprint density at radius 1 is 1.19 bits per heavy atom. The maximum Gasteiger partial charge on any atom is 0.338 e. The van der Waals surface area contributed by atoms with Gasteiger partial charge in [-0.3, -0.25) is 9.36 Å². The number of allylic oxidation sites excluding steroid dienone is 1. The van der Waals surface area contributed by atoms with E-state index in [0.29, 0.717) is 29.6 Å². The molecular weight excluding hydrogens is 412 g/mol. The normalized spacial score (nSPS) is 10.5. The molecule has 1 amide bonds. The van der Waals surface area contributed by atoms with Crippen molar-refractivity contribution in [2.24, 2.45) is 0 Å². The molecule has 0 aliphatic rings. The van der Waals surface area contributed by atoms with Crippen LogP contribution in [0, 0.1) is 6.92 Å². The topological polar surface area (TPSA) is 86.1 Å². The van der Waals surface area contributed by atoms with Crippen LogP contribution < -0.4 is 5.32 Å². The minimum absolute atomic E-state index is 0.146. The fraction of sp³-hybridized carbons (Fsp3) is 0.217. The monoisotopic (exact) mass is 436 g/mol. The highest BCUT2D eigenvalue weighted by Gasteiger charge is 2.15. The molecule has 7 nitrogen and oxygen atoms in total. The summed E-state index contributed by atoms with van der Waals surface area (Å²) in [5, 5.41) is 12.0. The van der Waals surface area contributed by atoms with Crippen LogP contribution in [-0.2, 0) is 16.1 Å². The quantitative estimate of drug-likeness (QED) is 0.305. The van der Waals surface area contributed by atoms with Crippen molar-refractivity contribution >= 4 is 29.3 Å². The van der Waals surface area contributed by atoms with E-state index in [-0.39, 0.29) is 11.7 Å². The van der Waals surface area contributed by atoms with E-state index in [1.54, 1.807) is 37.3 Å². The number of thioether (sulfide) groups is 1. The van der Waals surface area contributed by atoms with Crippen molar-refractivity contribution in [1.82, 2.24) is 14.8 Å². The molecule has 0 atom stereocenters. The molecule has 0 bridgehead atoms. The summed E-state index contributed by atoms with van der Waals surface area (Å²) in [5.41, 5.74) is 3.04. The maximum absolute atomic E-state index is 12.5. The summed E-state index contributed by atoms with van der Waals surface area (Å²) in [6.07, 6.45) is 1.77. The molecule has 0 radical (unpaired) electrons. The van der Waals surface area contributed by atoms with Gasteiger partial charge in [0.1, 0.15) is 0 Å². The zero-order valence-corrected chi connectivity index (χ0v) is 18.3. The number of nitrogens with one attached hydrogen (secondary N) is 1. The van der Waals surface area contributed by atoms with Gasteiger partial charge in [0, 0.05) is 17.8 Å². The zero-order chi connectivity index (χ0) is 22.2. The lowest BCUT2D eigenvalue weighted by atomic mass is 10.1. The van der Waals surface area contributed by atoms with Crippen LogP contribution in [0.5, 0.6) is 0 Å². The molecule has 0 aliphatic carbocycles. The highest BCUT2D eigenvalue weighted by molar-refractivity contribution is 7.99. The lowest BCUT2D eigenvalue weighted by Gasteiger charge is -2.09. The Kier molecular flexibility index (Phi) is 7.61. The van der Waals surface area contributed by atoms with Gasteiger partial charge in [-0.1, -0.05) is 53.7 Å². The number of amides is 1. The summed E-state index contributed by atoms with van der Waals surface area (Å²) < 4.78 is 6.92. The van der Waals surface area contributed by atoms with Gasteiger partial charge in [-0.2, -0.15) is 0 Å². The fourth-order valence-electron chi connectivity index (χ4n) is 2.87. The maximum atomic E-state index is 12.5. The van der Waals surface area contributed by atoms with E-state index in [9.17, 15) is 9.59 Å². The molecule has 1 N–H and O–H groups in total. The number of aromatic nitrogens is 3. The predicted molar refractivity (Wildman–Crippen MR) is 122 cm³/mol. The van der Waals surface area contributed by atoms with E-state index >= 15 is 0 Å². The smallest absolute Gasteiger partial charge is 0.338 e. The SMILES string of the molecule is C=CCn1c(SCC(=O)Nc2cccc(C(=O)OCC)c2)nnc1-c1ccc(C)cc1. The fourth-order valence-corrected chi connectivity index (χ4v) is 3.62. The van der Waals surface area contributed by atoms with Crippen LogP contribution in [0.1, 0.15) is 22.8 Å². The third-order valence-electron chi connectivity index (χ3n) is 4.33. The number of nitrogens with zero attached hydrogens (tertiary/aromatic N) is 3. The Morgan fingerprint density at radius 3 is 2.68 bits per heavy atom. The van der Waals surface area contributed by atoms with Crippen molar-refractivity contribution in [3.63, 3.8) is 0 Å². The van der Waals surface area contributed by atoms with E-state index in [4.69, 9.17) is 4.74 Å². The average molecular weight is 437 g/mol. The van der Waals surface area contributed by atoms with Gasteiger partial charge in [0.2, 0.25) is 5.91 Å². The molecule has 0 fully saturated rings. The molecule has 3 aromatic rings. The van der Waals surface area contributed by atoms with Crippen molar-refractivity contribution < 1.29 is 14.3 Å². The van der Waals surface area contributed by atoms with Crippen LogP contribution >= 0.6 is 11.8 Å². The van der Waals surface area contributed by atoms with Gasteiger partial charge in [0.05, 0.1) is 17.9 Å². The second kappa shape index (κ2) is 10.6. The number of ether oxygens (including phenoxy) is 1. The van der Waals surface area contributed by atoms with Crippen molar-refractivity contribution in [3.8, 4) is 11.4 Å². The van der Waals surface area contributed by atoms with E-state index in [1.165, 1.54) is 11.8 Å². The first-order valence-electron chi connectivity index (χ1n) is 9.82. The average Bonchev–Trinajstić information content (AvgIpc) is 3.16. The minimum Gasteiger partial charge on any atom is -0.462 e. The number of anilines is 1. The highest BCUT2D eigenvalue weighted by Crippen LogP contribution is 2.24. The van der Waals surface area contributed by atoms with Crippen LogP contribution in [0.3, 0.4) is 0 Å². The van der Waals surface area contributed by atoms with Gasteiger partial charge in [-0.15, -0.1) is 16.8 Å². The van der Waals surface area contributed by atoms with Crippen molar-refractivity contribution in [2.75, 3.05) is 17.7 Å². The molecule has 0 spiro atoms. The van der Waals surface area contributed by atoms with E-state index in [2.05, 4.69) is 22.1 Å². The number of aryl methyl sites for hydroxylation is 1. The van der Waals surface area contributed by atoms with Crippen LogP contribution in [0.25, 0.3) is 11.4 Å². The second-order valence-electron chi connectivity index (χ2n) is 6.71. The summed E-state index contributed by atoms with van der Waals surface area (Å²) in [6.45, 7) is 8.41. The molecule has 0 saturated heterocycles. The third kappa shape index (κ3) is 5.82. The van der Waals surface area contributed by atoms with Crippen molar-refractivity contribution in [1.29, 1.82) is 0 Å². The van der Waals surface area contributed by atoms with Gasteiger partial charge in [0.25, 0.3) is 0 Å². The number of esters is 1. The number of rotatable bonds is 9. The van der Waals surface area contributed by atoms with Crippen molar-refractivity contribution in [3.05, 3.63) is 72.3 Å². The molecule has 31 heavy (non-hydrogen) atoms. The van der Waals surface area contributed by atoms with E-state index < -0.39 is 5.97 Å². The largest absolute Gasteiger partial charge is 0.462 e. The van der Waals surface area contributed by atoms with Crippen LogP contribution in [0.4, 0.5) is 5.69 Å². The first-order valence-corrected chi connectivity index (χ1v) is 10.8. The summed E-state index contributed by atoms with van der Waals surface area (Å²) in [7, 11) is 0. The van der Waals surface area contributed by atoms with Crippen molar-refractivity contribution in [2.45, 2.75) is 25.5 Å². The molecule has 3 rings (SSSR count). The summed E-state index contributed by atoms with van der Waals surface area (Å²) in [4.78, 5) is 24.3. The van der Waals surface area contributed by atoms with Gasteiger partial charge < -0.3 is 10.1 Å². The molecule has 1 aromatic heterocycles. The first-order chi connectivity index (χ1) is 15.0. The number of hydrogen-bond acceptors (Lipinski definition) is 6. The molecule has 1 heterocycles. The Labute approximate surface area is 185 Å².